The summed E-state index contributed by atoms with van der Waals surface area (Å²) in [7, 11) is 0. The van der Waals surface area contributed by atoms with Crippen LogP contribution in [0.3, 0.4) is 0 Å². The fourth-order valence-electron chi connectivity index (χ4n) is 4.07. The zero-order valence-electron chi connectivity index (χ0n) is 14.0. The number of hydrogen-bond donors (Lipinski definition) is 1. The van der Waals surface area contributed by atoms with E-state index in [2.05, 4.69) is 5.32 Å². The Morgan fingerprint density at radius 1 is 1.25 bits per heavy atom. The molecule has 1 spiro atoms. The Labute approximate surface area is 140 Å². The monoisotopic (exact) mass is 340 g/mol. The van der Waals surface area contributed by atoms with Crippen molar-refractivity contribution in [3.63, 3.8) is 0 Å². The summed E-state index contributed by atoms with van der Waals surface area (Å²) in [5.41, 5.74) is -0.349. The second-order valence-electron chi connectivity index (χ2n) is 7.16. The third-order valence-corrected chi connectivity index (χ3v) is 5.41. The molecular weight excluding hydrogens is 317 g/mol. The first kappa shape index (κ1) is 17.3. The van der Waals surface area contributed by atoms with Crippen molar-refractivity contribution in [3.05, 3.63) is 35.4 Å². The molecule has 1 aromatic carbocycles. The van der Waals surface area contributed by atoms with Gasteiger partial charge in [0.05, 0.1) is 11.0 Å². The maximum Gasteiger partial charge on any atom is 0.416 e. The van der Waals surface area contributed by atoms with Gasteiger partial charge in [-0.2, -0.15) is 13.2 Å². The summed E-state index contributed by atoms with van der Waals surface area (Å²) in [4.78, 5) is 14.9. The maximum absolute atomic E-state index is 13.0. The van der Waals surface area contributed by atoms with Crippen LogP contribution in [-0.2, 0) is 11.0 Å². The quantitative estimate of drug-likeness (QED) is 0.895. The van der Waals surface area contributed by atoms with Crippen LogP contribution in [-0.4, -0.2) is 36.5 Å². The molecule has 2 aliphatic rings. The van der Waals surface area contributed by atoms with Crippen molar-refractivity contribution in [2.45, 2.75) is 44.8 Å². The number of amides is 1. The fourth-order valence-corrected chi connectivity index (χ4v) is 4.07. The number of alkyl halides is 3. The third-order valence-electron chi connectivity index (χ3n) is 5.41. The molecule has 2 saturated heterocycles. The van der Waals surface area contributed by atoms with Gasteiger partial charge in [-0.15, -0.1) is 0 Å². The molecule has 132 valence electrons. The summed E-state index contributed by atoms with van der Waals surface area (Å²) < 4.78 is 38.4. The topological polar surface area (TPSA) is 32.3 Å². The summed E-state index contributed by atoms with van der Waals surface area (Å²) in [5.74, 6) is 0.0667. The molecule has 2 heterocycles. The Hall–Kier alpha value is -1.56. The van der Waals surface area contributed by atoms with Gasteiger partial charge in [-0.25, -0.2) is 0 Å². The van der Waals surface area contributed by atoms with E-state index in [1.807, 2.05) is 18.7 Å². The molecule has 2 atom stereocenters. The van der Waals surface area contributed by atoms with Gasteiger partial charge in [-0.05, 0) is 50.9 Å². The Morgan fingerprint density at radius 2 is 1.92 bits per heavy atom. The standard InChI is InChI=1S/C18H23F3N2O/c1-12(2)23-10-15(17(16(23)24)8-3-9-22-11-17)13-4-6-14(7-5-13)18(19,20)21/h4-7,12,15,22H,3,8-11H2,1-2H3/t15-,17+/m0/s1. The highest BCUT2D eigenvalue weighted by atomic mass is 19.4. The maximum atomic E-state index is 13.0. The van der Waals surface area contributed by atoms with Crippen molar-refractivity contribution < 1.29 is 18.0 Å². The number of piperidine rings is 1. The number of carbonyl (C=O) groups is 1. The minimum absolute atomic E-state index is 0.0671. The summed E-state index contributed by atoms with van der Waals surface area (Å²) in [5, 5.41) is 3.32. The minimum Gasteiger partial charge on any atom is -0.339 e. The van der Waals surface area contributed by atoms with Gasteiger partial charge in [0.1, 0.15) is 0 Å². The van der Waals surface area contributed by atoms with Gasteiger partial charge < -0.3 is 10.2 Å². The number of benzene rings is 1. The van der Waals surface area contributed by atoms with Crippen LogP contribution in [0.25, 0.3) is 0 Å². The van der Waals surface area contributed by atoms with Crippen LogP contribution in [0, 0.1) is 5.41 Å². The van der Waals surface area contributed by atoms with Crippen molar-refractivity contribution in [1.29, 1.82) is 0 Å². The number of hydrogen-bond acceptors (Lipinski definition) is 2. The summed E-state index contributed by atoms with van der Waals surface area (Å²) in [6.07, 6.45) is -2.64. The second kappa shape index (κ2) is 6.06. The van der Waals surface area contributed by atoms with Gasteiger partial charge >= 0.3 is 6.18 Å². The minimum atomic E-state index is -4.34. The molecule has 0 aromatic heterocycles. The Balaban J connectivity index is 1.96. The Kier molecular flexibility index (Phi) is 4.36. The predicted molar refractivity (Wildman–Crippen MR) is 85.6 cm³/mol. The molecule has 0 aliphatic carbocycles. The van der Waals surface area contributed by atoms with E-state index in [-0.39, 0.29) is 17.9 Å². The molecular formula is C18H23F3N2O. The van der Waals surface area contributed by atoms with E-state index in [0.717, 1.165) is 37.1 Å². The highest BCUT2D eigenvalue weighted by molar-refractivity contribution is 5.87. The second-order valence-corrected chi connectivity index (χ2v) is 7.16. The number of halogens is 3. The Morgan fingerprint density at radius 3 is 2.42 bits per heavy atom. The highest BCUT2D eigenvalue weighted by Crippen LogP contribution is 2.48. The Bertz CT molecular complexity index is 604. The third kappa shape index (κ3) is 2.81. The fraction of sp³-hybridized carbons (Fsp3) is 0.611. The van der Waals surface area contributed by atoms with Crippen LogP contribution in [0.5, 0.6) is 0 Å². The van der Waals surface area contributed by atoms with Gasteiger partial charge in [-0.3, -0.25) is 4.79 Å². The van der Waals surface area contributed by atoms with Crippen molar-refractivity contribution >= 4 is 5.91 Å². The van der Waals surface area contributed by atoms with Gasteiger partial charge in [0, 0.05) is 25.0 Å². The molecule has 6 heteroatoms. The van der Waals surface area contributed by atoms with Crippen LogP contribution < -0.4 is 5.32 Å². The molecule has 24 heavy (non-hydrogen) atoms. The van der Waals surface area contributed by atoms with E-state index in [1.54, 1.807) is 12.1 Å². The van der Waals surface area contributed by atoms with Crippen molar-refractivity contribution in [2.75, 3.05) is 19.6 Å². The van der Waals surface area contributed by atoms with Crippen LogP contribution in [0.15, 0.2) is 24.3 Å². The molecule has 0 bridgehead atoms. The number of nitrogens with one attached hydrogen (secondary N) is 1. The van der Waals surface area contributed by atoms with Crippen molar-refractivity contribution in [2.24, 2.45) is 5.41 Å². The average Bonchev–Trinajstić information content (AvgIpc) is 2.81. The molecule has 2 fully saturated rings. The van der Waals surface area contributed by atoms with E-state index in [0.29, 0.717) is 13.1 Å². The lowest BCUT2D eigenvalue weighted by molar-refractivity contribution is -0.139. The highest BCUT2D eigenvalue weighted by Gasteiger charge is 2.55. The molecule has 2 aliphatic heterocycles. The molecule has 3 rings (SSSR count). The van der Waals surface area contributed by atoms with E-state index in [4.69, 9.17) is 0 Å². The lowest BCUT2D eigenvalue weighted by atomic mass is 9.69. The largest absolute Gasteiger partial charge is 0.416 e. The zero-order chi connectivity index (χ0) is 17.5. The van der Waals surface area contributed by atoms with Crippen molar-refractivity contribution in [3.8, 4) is 0 Å². The van der Waals surface area contributed by atoms with Crippen molar-refractivity contribution in [1.82, 2.24) is 10.2 Å². The van der Waals surface area contributed by atoms with E-state index in [9.17, 15) is 18.0 Å². The summed E-state index contributed by atoms with van der Waals surface area (Å²) >= 11 is 0. The first-order valence-electron chi connectivity index (χ1n) is 8.44. The first-order valence-corrected chi connectivity index (χ1v) is 8.44. The smallest absolute Gasteiger partial charge is 0.339 e. The lowest BCUT2D eigenvalue weighted by Gasteiger charge is -2.37. The van der Waals surface area contributed by atoms with Gasteiger partial charge in [0.25, 0.3) is 0 Å². The summed E-state index contributed by atoms with van der Waals surface area (Å²) in [6.45, 7) is 6.02. The predicted octanol–water partition coefficient (Wildman–Crippen LogP) is 3.41. The molecule has 0 unspecified atom stereocenters. The number of nitrogens with zero attached hydrogens (tertiary/aromatic N) is 1. The molecule has 3 nitrogen and oxygen atoms in total. The normalized spacial score (nSPS) is 28.2. The van der Waals surface area contributed by atoms with Crippen LogP contribution >= 0.6 is 0 Å². The average molecular weight is 340 g/mol. The van der Waals surface area contributed by atoms with Crippen LogP contribution in [0.1, 0.15) is 43.7 Å². The number of likely N-dealkylation sites (tertiary alicyclic amines) is 1. The lowest BCUT2D eigenvalue weighted by Crippen LogP contribution is -2.48. The number of rotatable bonds is 2. The van der Waals surface area contributed by atoms with Crippen LogP contribution in [0.2, 0.25) is 0 Å². The first-order chi connectivity index (χ1) is 11.3. The van der Waals surface area contributed by atoms with Gasteiger partial charge in [0.2, 0.25) is 5.91 Å². The van der Waals surface area contributed by atoms with Crippen LogP contribution in [0.4, 0.5) is 13.2 Å². The van der Waals surface area contributed by atoms with E-state index >= 15 is 0 Å². The van der Waals surface area contributed by atoms with Gasteiger partial charge in [0.15, 0.2) is 0 Å². The molecule has 1 N–H and O–H groups in total. The summed E-state index contributed by atoms with van der Waals surface area (Å²) in [6, 6.07) is 5.43. The van der Waals surface area contributed by atoms with Gasteiger partial charge in [-0.1, -0.05) is 12.1 Å². The molecule has 0 radical (unpaired) electrons. The number of carbonyl (C=O) groups excluding carboxylic acids is 1. The SMILES string of the molecule is CC(C)N1C[C@@H](c2ccc(C(F)(F)F)cc2)[C@]2(CCCNC2)C1=O. The zero-order valence-corrected chi connectivity index (χ0v) is 14.0. The molecule has 0 saturated carbocycles. The molecule has 1 aromatic rings. The van der Waals surface area contributed by atoms with E-state index in [1.165, 1.54) is 0 Å². The molecule has 1 amide bonds. The van der Waals surface area contributed by atoms with E-state index < -0.39 is 17.2 Å².